The predicted molar refractivity (Wildman–Crippen MR) is 57.3 cm³/mol. The van der Waals surface area contributed by atoms with E-state index in [9.17, 15) is 9.59 Å². The second-order valence-electron chi connectivity index (χ2n) is 4.94. The maximum atomic E-state index is 11.5. The fraction of sp³-hybridized carbons (Fsp3) is 0.833. The quantitative estimate of drug-likeness (QED) is 0.768. The van der Waals surface area contributed by atoms with Gasteiger partial charge in [0.15, 0.2) is 0 Å². The summed E-state index contributed by atoms with van der Waals surface area (Å²) in [5, 5.41) is 3.09. The van der Waals surface area contributed by atoms with Crippen molar-refractivity contribution in [3.63, 3.8) is 0 Å². The van der Waals surface area contributed by atoms with E-state index < -0.39 is 0 Å². The lowest BCUT2D eigenvalue weighted by Crippen LogP contribution is -2.39. The first-order valence-corrected chi connectivity index (χ1v) is 5.97. The zero-order valence-corrected chi connectivity index (χ0v) is 9.29. The Labute approximate surface area is 90.6 Å². The average molecular weight is 209 g/mol. The number of rotatable bonds is 3. The van der Waals surface area contributed by atoms with Crippen molar-refractivity contribution in [2.75, 3.05) is 0 Å². The molecule has 2 aliphatic rings. The van der Waals surface area contributed by atoms with Gasteiger partial charge in [-0.3, -0.25) is 9.59 Å². The Morgan fingerprint density at radius 3 is 1.93 bits per heavy atom. The van der Waals surface area contributed by atoms with E-state index in [1.807, 2.05) is 0 Å². The normalized spacial score (nSPS) is 31.0. The summed E-state index contributed by atoms with van der Waals surface area (Å²) in [6.07, 6.45) is 5.98. The zero-order valence-electron chi connectivity index (χ0n) is 9.29. The van der Waals surface area contributed by atoms with Crippen LogP contribution in [-0.4, -0.2) is 17.7 Å². The molecular weight excluding hydrogens is 190 g/mol. The number of amides is 1. The summed E-state index contributed by atoms with van der Waals surface area (Å²) in [5.41, 5.74) is 0. The van der Waals surface area contributed by atoms with Crippen LogP contribution in [0.15, 0.2) is 0 Å². The summed E-state index contributed by atoms with van der Waals surface area (Å²) in [5.74, 6) is 1.10. The van der Waals surface area contributed by atoms with Crippen LogP contribution >= 0.6 is 0 Å². The van der Waals surface area contributed by atoms with Crippen LogP contribution in [0.25, 0.3) is 0 Å². The molecular formula is C12H19NO2. The SMILES string of the molecule is CC(=O)C1CCC(NC(=O)C2CC2)CC1. The lowest BCUT2D eigenvalue weighted by atomic mass is 9.84. The van der Waals surface area contributed by atoms with Crippen molar-refractivity contribution in [1.82, 2.24) is 5.32 Å². The molecule has 2 rings (SSSR count). The van der Waals surface area contributed by atoms with Crippen LogP contribution in [0.5, 0.6) is 0 Å². The predicted octanol–water partition coefficient (Wildman–Crippen LogP) is 1.66. The summed E-state index contributed by atoms with van der Waals surface area (Å²) < 4.78 is 0. The largest absolute Gasteiger partial charge is 0.353 e. The van der Waals surface area contributed by atoms with Crippen molar-refractivity contribution in [2.45, 2.75) is 51.5 Å². The molecule has 0 unspecified atom stereocenters. The van der Waals surface area contributed by atoms with Gasteiger partial charge < -0.3 is 5.32 Å². The van der Waals surface area contributed by atoms with E-state index in [4.69, 9.17) is 0 Å². The molecule has 0 aromatic carbocycles. The van der Waals surface area contributed by atoms with Gasteiger partial charge in [-0.25, -0.2) is 0 Å². The van der Waals surface area contributed by atoms with E-state index in [0.29, 0.717) is 17.7 Å². The zero-order chi connectivity index (χ0) is 10.8. The van der Waals surface area contributed by atoms with Gasteiger partial charge >= 0.3 is 0 Å². The first kappa shape index (κ1) is 10.7. The van der Waals surface area contributed by atoms with Gasteiger partial charge in [0.2, 0.25) is 5.91 Å². The molecule has 2 aliphatic carbocycles. The maximum absolute atomic E-state index is 11.5. The number of nitrogens with one attached hydrogen (secondary N) is 1. The van der Waals surface area contributed by atoms with E-state index in [0.717, 1.165) is 38.5 Å². The Hall–Kier alpha value is -0.860. The van der Waals surface area contributed by atoms with Crippen LogP contribution in [0.2, 0.25) is 0 Å². The fourth-order valence-corrected chi connectivity index (χ4v) is 2.31. The van der Waals surface area contributed by atoms with Crippen molar-refractivity contribution in [3.05, 3.63) is 0 Å². The molecule has 0 aromatic rings. The monoisotopic (exact) mass is 209 g/mol. The lowest BCUT2D eigenvalue weighted by molar-refractivity contribution is -0.123. The molecule has 1 N–H and O–H groups in total. The Balaban J connectivity index is 1.73. The first-order valence-electron chi connectivity index (χ1n) is 5.97. The van der Waals surface area contributed by atoms with Gasteiger partial charge in [-0.05, 0) is 45.4 Å². The van der Waals surface area contributed by atoms with Crippen molar-refractivity contribution < 1.29 is 9.59 Å². The third-order valence-electron chi connectivity index (χ3n) is 3.60. The highest BCUT2D eigenvalue weighted by Crippen LogP contribution is 2.30. The Morgan fingerprint density at radius 1 is 0.933 bits per heavy atom. The summed E-state index contributed by atoms with van der Waals surface area (Å²) in [6.45, 7) is 1.67. The highest BCUT2D eigenvalue weighted by Gasteiger charge is 2.32. The third kappa shape index (κ3) is 2.80. The Kier molecular flexibility index (Phi) is 3.08. The van der Waals surface area contributed by atoms with Gasteiger partial charge in [-0.15, -0.1) is 0 Å². The molecule has 84 valence electrons. The van der Waals surface area contributed by atoms with Crippen molar-refractivity contribution in [2.24, 2.45) is 11.8 Å². The van der Waals surface area contributed by atoms with Crippen LogP contribution in [0.1, 0.15) is 45.4 Å². The second-order valence-corrected chi connectivity index (χ2v) is 4.94. The standard InChI is InChI=1S/C12H19NO2/c1-8(14)9-4-6-11(7-5-9)13-12(15)10-2-3-10/h9-11H,2-7H2,1H3,(H,13,15). The minimum Gasteiger partial charge on any atom is -0.353 e. The van der Waals surface area contributed by atoms with Gasteiger partial charge in [0, 0.05) is 17.9 Å². The van der Waals surface area contributed by atoms with Crippen molar-refractivity contribution in [1.29, 1.82) is 0 Å². The summed E-state index contributed by atoms with van der Waals surface area (Å²) in [7, 11) is 0. The topological polar surface area (TPSA) is 46.2 Å². The van der Waals surface area contributed by atoms with Gasteiger partial charge in [-0.1, -0.05) is 0 Å². The van der Waals surface area contributed by atoms with E-state index in [1.54, 1.807) is 6.92 Å². The number of ketones is 1. The van der Waals surface area contributed by atoms with Gasteiger partial charge in [-0.2, -0.15) is 0 Å². The third-order valence-corrected chi connectivity index (χ3v) is 3.60. The molecule has 0 aromatic heterocycles. The van der Waals surface area contributed by atoms with E-state index in [-0.39, 0.29) is 11.8 Å². The maximum Gasteiger partial charge on any atom is 0.223 e. The van der Waals surface area contributed by atoms with Gasteiger partial charge in [0.25, 0.3) is 0 Å². The number of carbonyl (C=O) groups excluding carboxylic acids is 2. The van der Waals surface area contributed by atoms with Crippen LogP contribution in [0.4, 0.5) is 0 Å². The minimum atomic E-state index is 0.237. The van der Waals surface area contributed by atoms with Crippen LogP contribution in [-0.2, 0) is 9.59 Å². The van der Waals surface area contributed by atoms with Crippen LogP contribution < -0.4 is 5.32 Å². The molecule has 15 heavy (non-hydrogen) atoms. The molecule has 0 spiro atoms. The molecule has 0 saturated heterocycles. The molecule has 0 aliphatic heterocycles. The van der Waals surface area contributed by atoms with Gasteiger partial charge in [0.05, 0.1) is 0 Å². The number of hydrogen-bond acceptors (Lipinski definition) is 2. The van der Waals surface area contributed by atoms with E-state index >= 15 is 0 Å². The molecule has 3 heteroatoms. The first-order chi connectivity index (χ1) is 7.16. The lowest BCUT2D eigenvalue weighted by Gasteiger charge is -2.27. The van der Waals surface area contributed by atoms with E-state index in [1.165, 1.54) is 0 Å². The van der Waals surface area contributed by atoms with E-state index in [2.05, 4.69) is 5.32 Å². The molecule has 0 heterocycles. The number of hydrogen-bond donors (Lipinski definition) is 1. The van der Waals surface area contributed by atoms with Gasteiger partial charge in [0.1, 0.15) is 5.78 Å². The molecule has 0 bridgehead atoms. The molecule has 0 atom stereocenters. The molecule has 3 nitrogen and oxygen atoms in total. The van der Waals surface area contributed by atoms with Crippen molar-refractivity contribution in [3.8, 4) is 0 Å². The molecule has 2 saturated carbocycles. The summed E-state index contributed by atoms with van der Waals surface area (Å²) >= 11 is 0. The fourth-order valence-electron chi connectivity index (χ4n) is 2.31. The number of carbonyl (C=O) groups is 2. The Bertz CT molecular complexity index is 263. The van der Waals surface area contributed by atoms with Crippen molar-refractivity contribution >= 4 is 11.7 Å². The minimum absolute atomic E-state index is 0.237. The van der Waals surface area contributed by atoms with Crippen LogP contribution in [0, 0.1) is 11.8 Å². The summed E-state index contributed by atoms with van der Waals surface area (Å²) in [4.78, 5) is 22.7. The average Bonchev–Trinajstić information content (AvgIpc) is 3.01. The Morgan fingerprint density at radius 2 is 1.47 bits per heavy atom. The second kappa shape index (κ2) is 4.33. The molecule has 0 radical (unpaired) electrons. The molecule has 1 amide bonds. The number of Topliss-reactive ketones (excluding diaryl/α,β-unsaturated/α-hetero) is 1. The van der Waals surface area contributed by atoms with Crippen LogP contribution in [0.3, 0.4) is 0 Å². The summed E-state index contributed by atoms with van der Waals surface area (Å²) in [6, 6.07) is 0.327. The smallest absolute Gasteiger partial charge is 0.223 e. The highest BCUT2D eigenvalue weighted by atomic mass is 16.2. The molecule has 2 fully saturated rings. The highest BCUT2D eigenvalue weighted by molar-refractivity contribution is 5.81.